The highest BCUT2D eigenvalue weighted by Crippen LogP contribution is 2.20. The molecule has 0 radical (unpaired) electrons. The number of benzene rings is 3. The summed E-state index contributed by atoms with van der Waals surface area (Å²) in [6.07, 6.45) is 2.25. The van der Waals surface area contributed by atoms with Gasteiger partial charge < -0.3 is 25.0 Å². The van der Waals surface area contributed by atoms with Crippen LogP contribution in [-0.4, -0.2) is 44.7 Å². The number of nitrogens with one attached hydrogen (secondary N) is 2. The Morgan fingerprint density at radius 1 is 1.00 bits per heavy atom. The van der Waals surface area contributed by atoms with Crippen LogP contribution in [0.2, 0.25) is 0 Å². The van der Waals surface area contributed by atoms with Crippen LogP contribution in [0.5, 0.6) is 5.75 Å². The number of anilines is 3. The van der Waals surface area contributed by atoms with E-state index in [-0.39, 0.29) is 24.5 Å². The molecule has 4 rings (SSSR count). The molecule has 1 aliphatic heterocycles. The Morgan fingerprint density at radius 3 is 2.59 bits per heavy atom. The number of hydrogen-bond donors (Lipinski definition) is 2. The number of para-hydroxylation sites is 1. The lowest BCUT2D eigenvalue weighted by molar-refractivity contribution is -0.114. The van der Waals surface area contributed by atoms with E-state index in [0.29, 0.717) is 17.9 Å². The van der Waals surface area contributed by atoms with E-state index in [1.807, 2.05) is 54.6 Å². The van der Waals surface area contributed by atoms with Crippen molar-refractivity contribution in [1.29, 1.82) is 0 Å². The van der Waals surface area contributed by atoms with Crippen LogP contribution in [0.4, 0.5) is 17.1 Å². The summed E-state index contributed by atoms with van der Waals surface area (Å²) in [6, 6.07) is 23.8. The highest BCUT2D eigenvalue weighted by atomic mass is 16.5. The molecule has 1 atom stereocenters. The van der Waals surface area contributed by atoms with Crippen molar-refractivity contribution >= 4 is 28.9 Å². The largest absolute Gasteiger partial charge is 0.491 e. The lowest BCUT2D eigenvalue weighted by atomic mass is 10.1. The minimum absolute atomic E-state index is 0.0806. The fourth-order valence-corrected chi connectivity index (χ4v) is 3.74. The van der Waals surface area contributed by atoms with Crippen molar-refractivity contribution in [3.05, 3.63) is 84.4 Å². The summed E-state index contributed by atoms with van der Waals surface area (Å²) >= 11 is 0. The standard InChI is InChI=1S/C27H29N3O4/c1-30(23-11-3-2-4-12-23)27(32)20-8-5-10-22(16-20)29-26(31)18-28-21-9-6-13-24(17-21)34-19-25-14-7-15-33-25/h2-6,8-13,16-17,25,28H,7,14-15,18-19H2,1H3,(H,29,31). The molecule has 3 aromatic rings. The number of ether oxygens (including phenoxy) is 2. The molecule has 1 aliphatic rings. The fraction of sp³-hybridized carbons (Fsp3) is 0.259. The van der Waals surface area contributed by atoms with Crippen LogP contribution in [0, 0.1) is 0 Å². The lowest BCUT2D eigenvalue weighted by Crippen LogP contribution is -2.26. The quantitative estimate of drug-likeness (QED) is 0.490. The minimum Gasteiger partial charge on any atom is -0.491 e. The van der Waals surface area contributed by atoms with Crippen molar-refractivity contribution in [2.24, 2.45) is 0 Å². The average Bonchev–Trinajstić information content (AvgIpc) is 3.40. The number of nitrogens with zero attached hydrogens (tertiary/aromatic N) is 1. The first kappa shape index (κ1) is 23.3. The van der Waals surface area contributed by atoms with Gasteiger partial charge in [-0.05, 0) is 55.3 Å². The van der Waals surface area contributed by atoms with Gasteiger partial charge in [-0.2, -0.15) is 0 Å². The highest BCUT2D eigenvalue weighted by Gasteiger charge is 2.16. The molecular weight excluding hydrogens is 430 g/mol. The van der Waals surface area contributed by atoms with Gasteiger partial charge in [0.15, 0.2) is 0 Å². The zero-order chi connectivity index (χ0) is 23.8. The maximum atomic E-state index is 12.8. The predicted molar refractivity (Wildman–Crippen MR) is 134 cm³/mol. The SMILES string of the molecule is CN(C(=O)c1cccc(NC(=O)CNc2cccc(OCC3CCCO3)c2)c1)c1ccccc1. The summed E-state index contributed by atoms with van der Waals surface area (Å²) in [7, 11) is 1.73. The zero-order valence-electron chi connectivity index (χ0n) is 19.2. The second-order valence-electron chi connectivity index (χ2n) is 8.16. The van der Waals surface area contributed by atoms with Gasteiger partial charge in [-0.25, -0.2) is 0 Å². The van der Waals surface area contributed by atoms with Gasteiger partial charge in [0.05, 0.1) is 12.6 Å². The third-order valence-electron chi connectivity index (χ3n) is 5.59. The molecule has 7 nitrogen and oxygen atoms in total. The third kappa shape index (κ3) is 6.36. The van der Waals surface area contributed by atoms with Crippen LogP contribution in [0.1, 0.15) is 23.2 Å². The summed E-state index contributed by atoms with van der Waals surface area (Å²) in [5.74, 6) is 0.363. The molecule has 176 valence electrons. The van der Waals surface area contributed by atoms with Crippen LogP contribution >= 0.6 is 0 Å². The number of carbonyl (C=O) groups is 2. The second kappa shape index (κ2) is 11.3. The smallest absolute Gasteiger partial charge is 0.258 e. The molecule has 1 unspecified atom stereocenters. The number of carbonyl (C=O) groups excluding carboxylic acids is 2. The molecule has 0 aliphatic carbocycles. The van der Waals surface area contributed by atoms with Crippen molar-refractivity contribution in [2.45, 2.75) is 18.9 Å². The summed E-state index contributed by atoms with van der Waals surface area (Å²) in [5.41, 5.74) is 2.64. The van der Waals surface area contributed by atoms with Gasteiger partial charge in [-0.15, -0.1) is 0 Å². The highest BCUT2D eigenvalue weighted by molar-refractivity contribution is 6.06. The van der Waals surface area contributed by atoms with Crippen LogP contribution in [0.15, 0.2) is 78.9 Å². The number of rotatable bonds is 9. The summed E-state index contributed by atoms with van der Waals surface area (Å²) < 4.78 is 11.4. The molecule has 0 saturated carbocycles. The predicted octanol–water partition coefficient (Wildman–Crippen LogP) is 4.57. The Kier molecular flexibility index (Phi) is 7.78. The summed E-state index contributed by atoms with van der Waals surface area (Å²) in [5, 5.41) is 5.95. The van der Waals surface area contributed by atoms with E-state index in [1.54, 1.807) is 36.2 Å². The molecule has 7 heteroatoms. The molecule has 1 fully saturated rings. The van der Waals surface area contributed by atoms with E-state index in [4.69, 9.17) is 9.47 Å². The molecule has 0 bridgehead atoms. The second-order valence-corrected chi connectivity index (χ2v) is 8.16. The molecule has 0 spiro atoms. The van der Waals surface area contributed by atoms with Crippen LogP contribution in [-0.2, 0) is 9.53 Å². The first-order chi connectivity index (χ1) is 16.6. The van der Waals surface area contributed by atoms with E-state index < -0.39 is 0 Å². The Hall–Kier alpha value is -3.84. The topological polar surface area (TPSA) is 79.9 Å². The summed E-state index contributed by atoms with van der Waals surface area (Å²) in [4.78, 5) is 26.9. The first-order valence-corrected chi connectivity index (χ1v) is 11.4. The Balaban J connectivity index is 1.29. The van der Waals surface area contributed by atoms with Crippen LogP contribution < -0.4 is 20.3 Å². The minimum atomic E-state index is -0.216. The lowest BCUT2D eigenvalue weighted by Gasteiger charge is -2.18. The third-order valence-corrected chi connectivity index (χ3v) is 5.59. The molecule has 0 aromatic heterocycles. The van der Waals surface area contributed by atoms with Crippen molar-refractivity contribution in [2.75, 3.05) is 42.3 Å². The molecule has 2 amide bonds. The van der Waals surface area contributed by atoms with Gasteiger partial charge in [0, 0.05) is 42.3 Å². The number of amides is 2. The maximum absolute atomic E-state index is 12.8. The Morgan fingerprint density at radius 2 is 1.79 bits per heavy atom. The fourth-order valence-electron chi connectivity index (χ4n) is 3.74. The van der Waals surface area contributed by atoms with Gasteiger partial charge in [-0.1, -0.05) is 30.3 Å². The van der Waals surface area contributed by atoms with E-state index in [1.165, 1.54) is 0 Å². The molecule has 1 saturated heterocycles. The zero-order valence-corrected chi connectivity index (χ0v) is 19.2. The molecular formula is C27H29N3O4. The van der Waals surface area contributed by atoms with Gasteiger partial charge in [0.2, 0.25) is 5.91 Å². The van der Waals surface area contributed by atoms with E-state index in [0.717, 1.165) is 36.6 Å². The van der Waals surface area contributed by atoms with Gasteiger partial charge in [-0.3, -0.25) is 9.59 Å². The van der Waals surface area contributed by atoms with E-state index in [9.17, 15) is 9.59 Å². The Bertz CT molecular complexity index is 1110. The average molecular weight is 460 g/mol. The van der Waals surface area contributed by atoms with Crippen molar-refractivity contribution in [3.63, 3.8) is 0 Å². The van der Waals surface area contributed by atoms with E-state index >= 15 is 0 Å². The monoisotopic (exact) mass is 459 g/mol. The van der Waals surface area contributed by atoms with Crippen molar-refractivity contribution in [3.8, 4) is 5.75 Å². The maximum Gasteiger partial charge on any atom is 0.258 e. The van der Waals surface area contributed by atoms with E-state index in [2.05, 4.69) is 10.6 Å². The Labute approximate surface area is 199 Å². The molecule has 34 heavy (non-hydrogen) atoms. The van der Waals surface area contributed by atoms with Gasteiger partial charge >= 0.3 is 0 Å². The van der Waals surface area contributed by atoms with Crippen LogP contribution in [0.3, 0.4) is 0 Å². The molecule has 2 N–H and O–H groups in total. The molecule has 3 aromatic carbocycles. The summed E-state index contributed by atoms with van der Waals surface area (Å²) in [6.45, 7) is 1.40. The first-order valence-electron chi connectivity index (χ1n) is 11.4. The number of hydrogen-bond acceptors (Lipinski definition) is 5. The van der Waals surface area contributed by atoms with Gasteiger partial charge in [0.1, 0.15) is 12.4 Å². The van der Waals surface area contributed by atoms with Gasteiger partial charge in [0.25, 0.3) is 5.91 Å². The normalized spacial score (nSPS) is 14.9. The van der Waals surface area contributed by atoms with Crippen molar-refractivity contribution in [1.82, 2.24) is 0 Å². The van der Waals surface area contributed by atoms with Crippen LogP contribution in [0.25, 0.3) is 0 Å². The molecule has 1 heterocycles. The van der Waals surface area contributed by atoms with Crippen molar-refractivity contribution < 1.29 is 19.1 Å².